The molecule has 0 spiro atoms. The van der Waals surface area contributed by atoms with Crippen LogP contribution in [0.15, 0.2) is 42.5 Å². The summed E-state index contributed by atoms with van der Waals surface area (Å²) < 4.78 is 11.9. The number of anilines is 1. The van der Waals surface area contributed by atoms with Gasteiger partial charge in [0.05, 0.1) is 10.2 Å². The van der Waals surface area contributed by atoms with Gasteiger partial charge in [-0.2, -0.15) is 0 Å². The van der Waals surface area contributed by atoms with Crippen LogP contribution in [0.1, 0.15) is 16.8 Å². The fraction of sp³-hybridized carbons (Fsp3) is 0.300. The molecule has 0 saturated carbocycles. The Bertz CT molecular complexity index is 915. The predicted molar refractivity (Wildman–Crippen MR) is 107 cm³/mol. The fourth-order valence-corrected chi connectivity index (χ4v) is 3.99. The Morgan fingerprint density at radius 3 is 2.59 bits per heavy atom. The Hall–Kier alpha value is -2.64. The molecule has 6 nitrogen and oxygen atoms in total. The molecule has 0 N–H and O–H groups in total. The molecular weight excluding hydrogens is 362 g/mol. The van der Waals surface area contributed by atoms with Crippen molar-refractivity contribution in [2.24, 2.45) is 0 Å². The molecule has 2 aromatic carbocycles. The SMILES string of the molecule is CN(C)CCCN(C(=O)c1ccccc1)c1nc2cc3c(cc2s1)OCO3. The number of nitrogens with zero attached hydrogens (tertiary/aromatic N) is 3. The highest BCUT2D eigenvalue weighted by Gasteiger charge is 2.23. The van der Waals surface area contributed by atoms with Crippen molar-refractivity contribution in [2.45, 2.75) is 6.42 Å². The molecule has 140 valence electrons. The van der Waals surface area contributed by atoms with Crippen LogP contribution < -0.4 is 14.4 Å². The first-order valence-corrected chi connectivity index (χ1v) is 9.65. The number of hydrogen-bond donors (Lipinski definition) is 0. The van der Waals surface area contributed by atoms with Gasteiger partial charge in [0.1, 0.15) is 0 Å². The predicted octanol–water partition coefficient (Wildman–Crippen LogP) is 3.62. The van der Waals surface area contributed by atoms with Gasteiger partial charge in [-0.1, -0.05) is 29.5 Å². The van der Waals surface area contributed by atoms with Gasteiger partial charge in [0, 0.05) is 24.2 Å². The minimum atomic E-state index is -0.0338. The molecule has 2 heterocycles. The zero-order valence-corrected chi connectivity index (χ0v) is 16.2. The Balaban J connectivity index is 1.67. The molecule has 1 amide bonds. The maximum Gasteiger partial charge on any atom is 0.260 e. The molecule has 4 rings (SSSR count). The van der Waals surface area contributed by atoms with Gasteiger partial charge in [-0.05, 0) is 39.2 Å². The van der Waals surface area contributed by atoms with Crippen molar-refractivity contribution in [1.29, 1.82) is 0 Å². The van der Waals surface area contributed by atoms with Crippen molar-refractivity contribution < 1.29 is 14.3 Å². The molecule has 3 aromatic rings. The number of carbonyl (C=O) groups excluding carboxylic acids is 1. The molecule has 1 aliphatic rings. The van der Waals surface area contributed by atoms with Crippen LogP contribution in [0, 0.1) is 0 Å². The van der Waals surface area contributed by atoms with E-state index in [9.17, 15) is 4.79 Å². The number of amides is 1. The third-order valence-electron chi connectivity index (χ3n) is 4.36. The van der Waals surface area contributed by atoms with E-state index >= 15 is 0 Å². The van der Waals surface area contributed by atoms with E-state index in [1.807, 2.05) is 56.6 Å². The Morgan fingerprint density at radius 1 is 1.11 bits per heavy atom. The maximum atomic E-state index is 13.1. The highest BCUT2D eigenvalue weighted by molar-refractivity contribution is 7.22. The lowest BCUT2D eigenvalue weighted by Gasteiger charge is -2.21. The highest BCUT2D eigenvalue weighted by Crippen LogP contribution is 2.40. The summed E-state index contributed by atoms with van der Waals surface area (Å²) in [7, 11) is 4.06. The van der Waals surface area contributed by atoms with E-state index in [2.05, 4.69) is 4.90 Å². The lowest BCUT2D eigenvalue weighted by Crippen LogP contribution is -2.33. The molecular formula is C20H21N3O3S. The number of rotatable bonds is 6. The number of carbonyl (C=O) groups is 1. The highest BCUT2D eigenvalue weighted by atomic mass is 32.1. The Labute approximate surface area is 161 Å². The van der Waals surface area contributed by atoms with E-state index in [1.54, 1.807) is 4.90 Å². The number of ether oxygens (including phenoxy) is 2. The molecule has 27 heavy (non-hydrogen) atoms. The van der Waals surface area contributed by atoms with Crippen LogP contribution in [-0.2, 0) is 0 Å². The van der Waals surface area contributed by atoms with Crippen molar-refractivity contribution in [2.75, 3.05) is 38.9 Å². The smallest absolute Gasteiger partial charge is 0.260 e. The second-order valence-electron chi connectivity index (χ2n) is 6.65. The first kappa shape index (κ1) is 17.8. The molecule has 0 fully saturated rings. The van der Waals surface area contributed by atoms with Gasteiger partial charge in [-0.15, -0.1) is 0 Å². The lowest BCUT2D eigenvalue weighted by molar-refractivity contribution is 0.0986. The molecule has 0 atom stereocenters. The molecule has 1 aliphatic heterocycles. The normalized spacial score (nSPS) is 12.7. The summed E-state index contributed by atoms with van der Waals surface area (Å²) in [6.45, 7) is 1.75. The van der Waals surface area contributed by atoms with Crippen LogP contribution in [0.5, 0.6) is 11.5 Å². The van der Waals surface area contributed by atoms with Crippen molar-refractivity contribution in [3.8, 4) is 11.5 Å². The molecule has 0 unspecified atom stereocenters. The average Bonchev–Trinajstić information content (AvgIpc) is 3.28. The topological polar surface area (TPSA) is 54.9 Å². The van der Waals surface area contributed by atoms with Gasteiger partial charge in [-0.3, -0.25) is 9.69 Å². The van der Waals surface area contributed by atoms with Gasteiger partial charge in [0.2, 0.25) is 6.79 Å². The summed E-state index contributed by atoms with van der Waals surface area (Å²) >= 11 is 1.50. The number of hydrogen-bond acceptors (Lipinski definition) is 6. The fourth-order valence-electron chi connectivity index (χ4n) is 2.99. The number of benzene rings is 2. The standard InChI is InChI=1S/C20H21N3O3S/c1-22(2)9-6-10-23(19(24)14-7-4-3-5-8-14)20-21-15-11-16-17(26-13-25-16)12-18(15)27-20/h3-5,7-8,11-12H,6,9-10,13H2,1-2H3. The summed E-state index contributed by atoms with van der Waals surface area (Å²) in [5, 5.41) is 0.696. The monoisotopic (exact) mass is 383 g/mol. The first-order valence-electron chi connectivity index (χ1n) is 8.83. The van der Waals surface area contributed by atoms with Crippen LogP contribution in [-0.4, -0.2) is 49.8 Å². The third kappa shape index (κ3) is 3.74. The third-order valence-corrected chi connectivity index (χ3v) is 5.40. The van der Waals surface area contributed by atoms with Gasteiger partial charge >= 0.3 is 0 Å². The number of fused-ring (bicyclic) bond motifs is 2. The van der Waals surface area contributed by atoms with Crippen molar-refractivity contribution in [1.82, 2.24) is 9.88 Å². The zero-order chi connectivity index (χ0) is 18.8. The summed E-state index contributed by atoms with van der Waals surface area (Å²) in [4.78, 5) is 21.7. The summed E-state index contributed by atoms with van der Waals surface area (Å²) in [6, 6.07) is 13.2. The molecule has 0 saturated heterocycles. The quantitative estimate of drug-likeness (QED) is 0.651. The minimum Gasteiger partial charge on any atom is -0.454 e. The van der Waals surface area contributed by atoms with Gasteiger partial charge in [0.25, 0.3) is 5.91 Å². The van der Waals surface area contributed by atoms with E-state index in [-0.39, 0.29) is 12.7 Å². The summed E-state index contributed by atoms with van der Waals surface area (Å²) in [5.41, 5.74) is 1.48. The largest absolute Gasteiger partial charge is 0.454 e. The Kier molecular flexibility index (Phi) is 4.96. The van der Waals surface area contributed by atoms with Crippen LogP contribution in [0.25, 0.3) is 10.2 Å². The van der Waals surface area contributed by atoms with Gasteiger partial charge in [-0.25, -0.2) is 4.98 Å². The average molecular weight is 383 g/mol. The summed E-state index contributed by atoms with van der Waals surface area (Å²) in [6.07, 6.45) is 0.865. The minimum absolute atomic E-state index is 0.0338. The number of aromatic nitrogens is 1. The van der Waals surface area contributed by atoms with Crippen molar-refractivity contribution >= 4 is 32.6 Å². The maximum absolute atomic E-state index is 13.1. The molecule has 7 heteroatoms. The van der Waals surface area contributed by atoms with E-state index in [0.29, 0.717) is 23.0 Å². The van der Waals surface area contributed by atoms with E-state index in [1.165, 1.54) is 11.3 Å². The number of thiazole rings is 1. The van der Waals surface area contributed by atoms with Crippen LogP contribution in [0.4, 0.5) is 5.13 Å². The van der Waals surface area contributed by atoms with E-state index in [0.717, 1.165) is 28.9 Å². The second-order valence-corrected chi connectivity index (χ2v) is 7.66. The van der Waals surface area contributed by atoms with Crippen LogP contribution >= 0.6 is 11.3 Å². The second kappa shape index (κ2) is 7.54. The Morgan fingerprint density at radius 2 is 1.85 bits per heavy atom. The lowest BCUT2D eigenvalue weighted by atomic mass is 10.2. The van der Waals surface area contributed by atoms with Gasteiger partial charge < -0.3 is 14.4 Å². The first-order chi connectivity index (χ1) is 13.1. The molecule has 0 bridgehead atoms. The van der Waals surface area contributed by atoms with Crippen molar-refractivity contribution in [3.05, 3.63) is 48.0 Å². The summed E-state index contributed by atoms with van der Waals surface area (Å²) in [5.74, 6) is 1.40. The van der Waals surface area contributed by atoms with Crippen LogP contribution in [0.3, 0.4) is 0 Å². The van der Waals surface area contributed by atoms with Crippen molar-refractivity contribution in [3.63, 3.8) is 0 Å². The van der Waals surface area contributed by atoms with Crippen LogP contribution in [0.2, 0.25) is 0 Å². The zero-order valence-electron chi connectivity index (χ0n) is 15.3. The van der Waals surface area contributed by atoms with E-state index < -0.39 is 0 Å². The molecule has 0 radical (unpaired) electrons. The molecule has 1 aromatic heterocycles. The van der Waals surface area contributed by atoms with E-state index in [4.69, 9.17) is 14.5 Å². The molecule has 0 aliphatic carbocycles. The van der Waals surface area contributed by atoms with Gasteiger partial charge in [0.15, 0.2) is 16.6 Å².